The molecule has 1 saturated carbocycles. The van der Waals surface area contributed by atoms with Gasteiger partial charge in [0.1, 0.15) is 0 Å². The molecule has 0 amide bonds. The first-order chi connectivity index (χ1) is 7.79. The third kappa shape index (κ3) is 1.50. The lowest BCUT2D eigenvalue weighted by molar-refractivity contribution is 0.811. The summed E-state index contributed by atoms with van der Waals surface area (Å²) in [4.78, 5) is 4.57. The van der Waals surface area contributed by atoms with Crippen LogP contribution in [-0.4, -0.2) is 11.5 Å². The Labute approximate surface area is 95.5 Å². The lowest BCUT2D eigenvalue weighted by Crippen LogP contribution is -2.02. The summed E-state index contributed by atoms with van der Waals surface area (Å²) in [5.74, 6) is 1.35. The van der Waals surface area contributed by atoms with Crippen LogP contribution in [0.3, 0.4) is 0 Å². The van der Waals surface area contributed by atoms with Crippen molar-refractivity contribution in [1.29, 1.82) is 0 Å². The van der Waals surface area contributed by atoms with Gasteiger partial charge in [-0.2, -0.15) is 0 Å². The van der Waals surface area contributed by atoms with Crippen molar-refractivity contribution in [2.75, 3.05) is 6.54 Å². The maximum Gasteiger partial charge on any atom is 0.0708 e. The summed E-state index contributed by atoms with van der Waals surface area (Å²) in [6, 6.07) is 10.6. The topological polar surface area (TPSA) is 38.9 Å². The van der Waals surface area contributed by atoms with Crippen molar-refractivity contribution < 1.29 is 0 Å². The average molecular weight is 212 g/mol. The van der Waals surface area contributed by atoms with Crippen LogP contribution in [0.15, 0.2) is 30.3 Å². The van der Waals surface area contributed by atoms with Gasteiger partial charge in [0.25, 0.3) is 0 Å². The minimum Gasteiger partial charge on any atom is -0.330 e. The van der Waals surface area contributed by atoms with Crippen molar-refractivity contribution in [2.24, 2.45) is 11.7 Å². The van der Waals surface area contributed by atoms with Crippen LogP contribution in [0.5, 0.6) is 0 Å². The van der Waals surface area contributed by atoms with Gasteiger partial charge in [-0.25, -0.2) is 0 Å². The molecule has 2 nitrogen and oxygen atoms in total. The summed E-state index contributed by atoms with van der Waals surface area (Å²) in [6.45, 7) is 2.87. The number of nitrogens with two attached hydrogens (primary N) is 1. The second-order valence-electron chi connectivity index (χ2n) is 4.71. The molecule has 1 aromatic carbocycles. The van der Waals surface area contributed by atoms with Gasteiger partial charge >= 0.3 is 0 Å². The summed E-state index contributed by atoms with van der Waals surface area (Å²) >= 11 is 0. The maximum absolute atomic E-state index is 5.73. The smallest absolute Gasteiger partial charge is 0.0708 e. The Bertz CT molecular complexity index is 533. The van der Waals surface area contributed by atoms with E-state index < -0.39 is 0 Å². The Kier molecular flexibility index (Phi) is 2.18. The number of para-hydroxylation sites is 1. The minimum atomic E-state index is 0.664. The van der Waals surface area contributed by atoms with Gasteiger partial charge in [0.15, 0.2) is 0 Å². The summed E-state index contributed by atoms with van der Waals surface area (Å²) < 4.78 is 0. The van der Waals surface area contributed by atoms with Crippen molar-refractivity contribution in [2.45, 2.75) is 19.3 Å². The van der Waals surface area contributed by atoms with Gasteiger partial charge in [0, 0.05) is 11.1 Å². The zero-order valence-electron chi connectivity index (χ0n) is 9.48. The first-order valence-electron chi connectivity index (χ1n) is 5.86. The van der Waals surface area contributed by atoms with E-state index in [1.807, 2.05) is 6.07 Å². The normalized spacial score (nSPS) is 23.6. The van der Waals surface area contributed by atoms with Gasteiger partial charge in [0.05, 0.1) is 5.52 Å². The number of pyridine rings is 1. The molecule has 0 bridgehead atoms. The van der Waals surface area contributed by atoms with Crippen LogP contribution >= 0.6 is 0 Å². The summed E-state index contributed by atoms with van der Waals surface area (Å²) in [5.41, 5.74) is 9.39. The van der Waals surface area contributed by atoms with Crippen LogP contribution in [0.2, 0.25) is 0 Å². The SMILES string of the molecule is Cc1cc(C2CC2CN)c2ccccc2n1. The van der Waals surface area contributed by atoms with Gasteiger partial charge < -0.3 is 5.73 Å². The van der Waals surface area contributed by atoms with Crippen LogP contribution in [0, 0.1) is 12.8 Å². The van der Waals surface area contributed by atoms with Crippen molar-refractivity contribution in [1.82, 2.24) is 4.98 Å². The molecule has 2 heteroatoms. The zero-order valence-corrected chi connectivity index (χ0v) is 9.48. The third-order valence-electron chi connectivity index (χ3n) is 3.50. The van der Waals surface area contributed by atoms with Crippen LogP contribution < -0.4 is 5.73 Å². The molecule has 1 aliphatic carbocycles. The number of aryl methyl sites for hydroxylation is 1. The molecule has 1 aliphatic rings. The zero-order chi connectivity index (χ0) is 11.1. The number of nitrogens with zero attached hydrogens (tertiary/aromatic N) is 1. The maximum atomic E-state index is 5.73. The predicted molar refractivity (Wildman–Crippen MR) is 66.4 cm³/mol. The van der Waals surface area contributed by atoms with E-state index in [1.165, 1.54) is 17.4 Å². The molecule has 1 fully saturated rings. The van der Waals surface area contributed by atoms with E-state index in [2.05, 4.69) is 36.2 Å². The van der Waals surface area contributed by atoms with Crippen molar-refractivity contribution >= 4 is 10.9 Å². The van der Waals surface area contributed by atoms with Crippen LogP contribution in [0.25, 0.3) is 10.9 Å². The van der Waals surface area contributed by atoms with Gasteiger partial charge in [-0.3, -0.25) is 4.98 Å². The number of hydrogen-bond acceptors (Lipinski definition) is 2. The third-order valence-corrected chi connectivity index (χ3v) is 3.50. The van der Waals surface area contributed by atoms with E-state index in [0.29, 0.717) is 11.8 Å². The number of aromatic nitrogens is 1. The Morgan fingerprint density at radius 2 is 2.19 bits per heavy atom. The molecule has 3 rings (SSSR count). The molecule has 1 heterocycles. The second kappa shape index (κ2) is 3.56. The molecule has 2 atom stereocenters. The molecule has 2 unspecified atom stereocenters. The standard InChI is InChI=1S/C14H16N2/c1-9-6-13(12-7-10(12)8-15)11-4-2-3-5-14(11)16-9/h2-6,10,12H,7-8,15H2,1H3. The van der Waals surface area contributed by atoms with Crippen LogP contribution in [0.1, 0.15) is 23.6 Å². The van der Waals surface area contributed by atoms with Gasteiger partial charge in [-0.15, -0.1) is 0 Å². The Hall–Kier alpha value is -1.41. The van der Waals surface area contributed by atoms with E-state index in [4.69, 9.17) is 5.73 Å². The monoisotopic (exact) mass is 212 g/mol. The van der Waals surface area contributed by atoms with Gasteiger partial charge in [-0.1, -0.05) is 18.2 Å². The van der Waals surface area contributed by atoms with Crippen LogP contribution in [-0.2, 0) is 0 Å². The lowest BCUT2D eigenvalue weighted by Gasteiger charge is -2.07. The summed E-state index contributed by atoms with van der Waals surface area (Å²) in [5, 5.41) is 1.30. The van der Waals surface area contributed by atoms with E-state index in [1.54, 1.807) is 0 Å². The molecule has 0 spiro atoms. The largest absolute Gasteiger partial charge is 0.330 e. The molecule has 2 aromatic rings. The first kappa shape index (κ1) is 9.79. The number of benzene rings is 1. The van der Waals surface area contributed by atoms with Gasteiger partial charge in [-0.05, 0) is 49.4 Å². The molecular formula is C14H16N2. The molecular weight excluding hydrogens is 196 g/mol. The van der Waals surface area contributed by atoms with Crippen molar-refractivity contribution in [3.05, 3.63) is 41.6 Å². The minimum absolute atomic E-state index is 0.664. The molecule has 0 radical (unpaired) electrons. The van der Waals surface area contributed by atoms with Crippen molar-refractivity contribution in [3.63, 3.8) is 0 Å². The number of fused-ring (bicyclic) bond motifs is 1. The quantitative estimate of drug-likeness (QED) is 0.831. The molecule has 1 aromatic heterocycles. The molecule has 0 saturated heterocycles. The molecule has 2 N–H and O–H groups in total. The highest BCUT2D eigenvalue weighted by molar-refractivity contribution is 5.83. The highest BCUT2D eigenvalue weighted by atomic mass is 14.7. The number of hydrogen-bond donors (Lipinski definition) is 1. The fraction of sp³-hybridized carbons (Fsp3) is 0.357. The van der Waals surface area contributed by atoms with Gasteiger partial charge in [0.2, 0.25) is 0 Å². The predicted octanol–water partition coefficient (Wildman–Crippen LogP) is 2.61. The Balaban J connectivity index is 2.16. The fourth-order valence-electron chi connectivity index (χ4n) is 2.54. The highest BCUT2D eigenvalue weighted by Gasteiger charge is 2.37. The van der Waals surface area contributed by atoms with E-state index in [-0.39, 0.29) is 0 Å². The first-order valence-corrected chi connectivity index (χ1v) is 5.86. The van der Waals surface area contributed by atoms with E-state index in [9.17, 15) is 0 Å². The Morgan fingerprint density at radius 1 is 1.38 bits per heavy atom. The second-order valence-corrected chi connectivity index (χ2v) is 4.71. The Morgan fingerprint density at radius 3 is 2.94 bits per heavy atom. The molecule has 82 valence electrons. The fourth-order valence-corrected chi connectivity index (χ4v) is 2.54. The summed E-state index contributed by atoms with van der Waals surface area (Å²) in [7, 11) is 0. The van der Waals surface area contributed by atoms with Crippen molar-refractivity contribution in [3.8, 4) is 0 Å². The highest BCUT2D eigenvalue weighted by Crippen LogP contribution is 2.48. The van der Waals surface area contributed by atoms with E-state index in [0.717, 1.165) is 17.8 Å². The molecule has 16 heavy (non-hydrogen) atoms. The average Bonchev–Trinajstić information content (AvgIpc) is 3.07. The lowest BCUT2D eigenvalue weighted by atomic mass is 10.0. The molecule has 0 aliphatic heterocycles. The van der Waals surface area contributed by atoms with Crippen LogP contribution in [0.4, 0.5) is 0 Å². The van der Waals surface area contributed by atoms with E-state index >= 15 is 0 Å². The summed E-state index contributed by atoms with van der Waals surface area (Å²) in [6.07, 6.45) is 1.24. The number of rotatable bonds is 2.